The van der Waals surface area contributed by atoms with Crippen molar-refractivity contribution in [1.29, 1.82) is 0 Å². The Morgan fingerprint density at radius 1 is 1.41 bits per heavy atom. The van der Waals surface area contributed by atoms with Gasteiger partial charge in [-0.15, -0.1) is 11.3 Å². The Morgan fingerprint density at radius 2 is 2.19 bits per heavy atom. The number of carbonyl (C=O) groups is 1. The molecule has 1 aromatic carbocycles. The van der Waals surface area contributed by atoms with Gasteiger partial charge in [0.25, 0.3) is 5.56 Å². The molecule has 2 aromatic heterocycles. The van der Waals surface area contributed by atoms with Crippen LogP contribution >= 0.6 is 22.9 Å². The summed E-state index contributed by atoms with van der Waals surface area (Å²) in [5.74, 6) is 1.34. The molecule has 3 aromatic rings. The highest BCUT2D eigenvalue weighted by atomic mass is 35.5. The van der Waals surface area contributed by atoms with E-state index in [0.717, 1.165) is 29.7 Å². The summed E-state index contributed by atoms with van der Waals surface area (Å²) in [4.78, 5) is 35.3. The third-order valence-electron chi connectivity index (χ3n) is 5.69. The Labute approximate surface area is 196 Å². The first-order chi connectivity index (χ1) is 15.3. The molecule has 1 atom stereocenters. The number of aryl methyl sites for hydroxylation is 1. The van der Waals surface area contributed by atoms with Crippen LogP contribution < -0.4 is 15.6 Å². The van der Waals surface area contributed by atoms with Crippen LogP contribution in [0, 0.1) is 5.92 Å². The van der Waals surface area contributed by atoms with E-state index in [-0.39, 0.29) is 18.0 Å². The summed E-state index contributed by atoms with van der Waals surface area (Å²) in [5.41, 5.74) is 1.43. The number of rotatable bonds is 6. The molecule has 1 amide bonds. The second-order valence-electron chi connectivity index (χ2n) is 8.58. The highest BCUT2D eigenvalue weighted by molar-refractivity contribution is 7.18. The van der Waals surface area contributed by atoms with E-state index in [4.69, 9.17) is 21.3 Å². The van der Waals surface area contributed by atoms with Crippen molar-refractivity contribution < 1.29 is 9.53 Å². The predicted octanol–water partition coefficient (Wildman–Crippen LogP) is 3.95. The van der Waals surface area contributed by atoms with Crippen molar-refractivity contribution in [2.75, 3.05) is 26.5 Å². The Kier molecular flexibility index (Phi) is 6.55. The topological polar surface area (TPSA) is 76.5 Å². The Hall–Kier alpha value is -2.42. The number of ether oxygens (including phenoxy) is 1. The first kappa shape index (κ1) is 22.8. The van der Waals surface area contributed by atoms with Gasteiger partial charge in [0, 0.05) is 9.90 Å². The largest absolute Gasteiger partial charge is 0.495 e. The van der Waals surface area contributed by atoms with Gasteiger partial charge >= 0.3 is 0 Å². The summed E-state index contributed by atoms with van der Waals surface area (Å²) < 4.78 is 6.81. The number of benzene rings is 1. The molecule has 0 spiro atoms. The van der Waals surface area contributed by atoms with Crippen LogP contribution in [-0.2, 0) is 30.7 Å². The molecule has 2 heterocycles. The lowest BCUT2D eigenvalue weighted by Crippen LogP contribution is -2.33. The minimum atomic E-state index is -0.341. The molecule has 170 valence electrons. The summed E-state index contributed by atoms with van der Waals surface area (Å²) in [6.07, 6.45) is 2.92. The Balaban J connectivity index is 1.73. The fourth-order valence-electron chi connectivity index (χ4n) is 4.14. The molecule has 0 aliphatic heterocycles. The number of carbonyl (C=O) groups excluding carboxylic acids is 1. The molecule has 4 rings (SSSR count). The quantitative estimate of drug-likeness (QED) is 0.585. The summed E-state index contributed by atoms with van der Waals surface area (Å²) in [5, 5.41) is 3.98. The van der Waals surface area contributed by atoms with Gasteiger partial charge in [-0.1, -0.05) is 18.5 Å². The number of amides is 1. The van der Waals surface area contributed by atoms with Crippen LogP contribution in [0.5, 0.6) is 5.75 Å². The van der Waals surface area contributed by atoms with Gasteiger partial charge in [-0.25, -0.2) is 4.98 Å². The van der Waals surface area contributed by atoms with E-state index in [0.29, 0.717) is 40.1 Å². The molecule has 1 unspecified atom stereocenters. The van der Waals surface area contributed by atoms with Crippen molar-refractivity contribution in [3.63, 3.8) is 0 Å². The van der Waals surface area contributed by atoms with Gasteiger partial charge in [0.2, 0.25) is 5.91 Å². The van der Waals surface area contributed by atoms with Gasteiger partial charge in [0.15, 0.2) is 0 Å². The lowest BCUT2D eigenvalue weighted by atomic mass is 9.89. The predicted molar refractivity (Wildman–Crippen MR) is 129 cm³/mol. The van der Waals surface area contributed by atoms with Gasteiger partial charge in [0.05, 0.1) is 24.7 Å². The Morgan fingerprint density at radius 3 is 2.91 bits per heavy atom. The van der Waals surface area contributed by atoms with Crippen LogP contribution in [0.2, 0.25) is 5.02 Å². The monoisotopic (exact) mass is 474 g/mol. The SMILES string of the molecule is COc1ccc(Cl)cc1NC(=O)Cn1c(CN(C)C)nc2sc3c(c2c1=O)CCC(C)C3. The number of hydrogen-bond donors (Lipinski definition) is 1. The van der Waals surface area contributed by atoms with E-state index in [1.54, 1.807) is 29.5 Å². The molecule has 32 heavy (non-hydrogen) atoms. The summed E-state index contributed by atoms with van der Waals surface area (Å²) in [6, 6.07) is 5.00. The number of halogens is 1. The number of nitrogens with one attached hydrogen (secondary N) is 1. The number of anilines is 1. The molecular formula is C23H27ClN4O3S. The number of nitrogens with zero attached hydrogens (tertiary/aromatic N) is 3. The van der Waals surface area contributed by atoms with Gasteiger partial charge < -0.3 is 15.0 Å². The van der Waals surface area contributed by atoms with Crippen molar-refractivity contribution in [1.82, 2.24) is 14.5 Å². The molecule has 1 N–H and O–H groups in total. The van der Waals surface area contributed by atoms with E-state index < -0.39 is 0 Å². The van der Waals surface area contributed by atoms with Crippen LogP contribution in [0.25, 0.3) is 10.2 Å². The third-order valence-corrected chi connectivity index (χ3v) is 7.07. The molecule has 9 heteroatoms. The fourth-order valence-corrected chi connectivity index (χ4v) is 5.71. The highest BCUT2D eigenvalue weighted by Gasteiger charge is 2.25. The van der Waals surface area contributed by atoms with Gasteiger partial charge in [-0.05, 0) is 63.0 Å². The summed E-state index contributed by atoms with van der Waals surface area (Å²) in [6.45, 7) is 2.56. The minimum Gasteiger partial charge on any atom is -0.495 e. The van der Waals surface area contributed by atoms with E-state index in [2.05, 4.69) is 12.2 Å². The van der Waals surface area contributed by atoms with Crippen LogP contribution in [0.1, 0.15) is 29.6 Å². The average Bonchev–Trinajstić information content (AvgIpc) is 3.08. The zero-order chi connectivity index (χ0) is 23.0. The lowest BCUT2D eigenvalue weighted by Gasteiger charge is -2.18. The summed E-state index contributed by atoms with van der Waals surface area (Å²) in [7, 11) is 5.36. The van der Waals surface area contributed by atoms with E-state index in [9.17, 15) is 9.59 Å². The smallest absolute Gasteiger partial charge is 0.263 e. The van der Waals surface area contributed by atoms with Crippen LogP contribution in [0.15, 0.2) is 23.0 Å². The fraction of sp³-hybridized carbons (Fsp3) is 0.435. The molecular weight excluding hydrogens is 448 g/mol. The van der Waals surface area contributed by atoms with Crippen LogP contribution in [-0.4, -0.2) is 41.6 Å². The van der Waals surface area contributed by atoms with Crippen LogP contribution in [0.3, 0.4) is 0 Å². The van der Waals surface area contributed by atoms with Gasteiger partial charge in [-0.3, -0.25) is 14.2 Å². The first-order valence-electron chi connectivity index (χ1n) is 10.6. The first-order valence-corrected chi connectivity index (χ1v) is 11.8. The third kappa shape index (κ3) is 4.53. The molecule has 0 bridgehead atoms. The average molecular weight is 475 g/mol. The van der Waals surface area contributed by atoms with Crippen molar-refractivity contribution in [2.45, 2.75) is 39.3 Å². The van der Waals surface area contributed by atoms with Crippen molar-refractivity contribution in [3.05, 3.63) is 49.8 Å². The van der Waals surface area contributed by atoms with Gasteiger partial charge in [0.1, 0.15) is 22.9 Å². The molecule has 1 aliphatic carbocycles. The molecule has 0 fully saturated rings. The number of hydrogen-bond acceptors (Lipinski definition) is 6. The number of aromatic nitrogens is 2. The maximum Gasteiger partial charge on any atom is 0.263 e. The van der Waals surface area contributed by atoms with Crippen molar-refractivity contribution >= 4 is 44.7 Å². The van der Waals surface area contributed by atoms with Crippen LogP contribution in [0.4, 0.5) is 5.69 Å². The minimum absolute atomic E-state index is 0.137. The lowest BCUT2D eigenvalue weighted by molar-refractivity contribution is -0.116. The number of fused-ring (bicyclic) bond motifs is 3. The summed E-state index contributed by atoms with van der Waals surface area (Å²) >= 11 is 7.70. The second-order valence-corrected chi connectivity index (χ2v) is 10.1. The second kappa shape index (κ2) is 9.21. The van der Waals surface area contributed by atoms with Crippen molar-refractivity contribution in [3.8, 4) is 5.75 Å². The molecule has 0 saturated heterocycles. The zero-order valence-corrected chi connectivity index (χ0v) is 20.3. The maximum absolute atomic E-state index is 13.6. The maximum atomic E-state index is 13.6. The van der Waals surface area contributed by atoms with E-state index in [1.165, 1.54) is 16.6 Å². The normalized spacial score (nSPS) is 15.8. The number of methoxy groups -OCH3 is 1. The molecule has 0 radical (unpaired) electrons. The molecule has 0 saturated carbocycles. The van der Waals surface area contributed by atoms with E-state index >= 15 is 0 Å². The molecule has 1 aliphatic rings. The van der Waals surface area contributed by atoms with Gasteiger partial charge in [-0.2, -0.15) is 0 Å². The standard InChI is InChI=1S/C23H27ClN4O3S/c1-13-5-7-15-18(9-13)32-22-21(15)23(30)28(19(26-22)11-27(2)3)12-20(29)25-16-10-14(24)6-8-17(16)31-4/h6,8,10,13H,5,7,9,11-12H2,1-4H3,(H,25,29). The highest BCUT2D eigenvalue weighted by Crippen LogP contribution is 2.36. The van der Waals surface area contributed by atoms with Crippen molar-refractivity contribution in [2.24, 2.45) is 5.92 Å². The molecule has 7 nitrogen and oxygen atoms in total. The van der Waals surface area contributed by atoms with E-state index in [1.807, 2.05) is 19.0 Å². The number of thiophene rings is 1. The Bertz CT molecular complexity index is 1230. The zero-order valence-electron chi connectivity index (χ0n) is 18.7.